The number of hydrogen-bond donors (Lipinski definition) is 1. The highest BCUT2D eigenvalue weighted by Crippen LogP contribution is 2.29. The number of benzene rings is 1. The van der Waals surface area contributed by atoms with Gasteiger partial charge in [-0.3, -0.25) is 4.79 Å². The molecule has 0 aliphatic carbocycles. The Labute approximate surface area is 94.1 Å². The van der Waals surface area contributed by atoms with Gasteiger partial charge in [0.25, 0.3) is 0 Å². The number of carbonyl (C=O) groups is 1. The first-order chi connectivity index (χ1) is 7.66. The number of anilines is 1. The maximum absolute atomic E-state index is 11.1. The maximum atomic E-state index is 11.1. The largest absolute Gasteiger partial charge is 0.464 e. The van der Waals surface area contributed by atoms with Gasteiger partial charge in [-0.2, -0.15) is 0 Å². The number of carbonyl (C=O) groups excluding carboxylic acids is 1. The summed E-state index contributed by atoms with van der Waals surface area (Å²) in [6.45, 7) is 3.50. The Balaban J connectivity index is 2.48. The molecule has 0 saturated carbocycles. The van der Waals surface area contributed by atoms with E-state index in [1.54, 1.807) is 6.26 Å². The molecule has 3 heteroatoms. The summed E-state index contributed by atoms with van der Waals surface area (Å²) >= 11 is 0. The van der Waals surface area contributed by atoms with E-state index in [1.165, 1.54) is 6.92 Å². The molecule has 2 rings (SSSR count). The van der Waals surface area contributed by atoms with Crippen LogP contribution in [0.4, 0.5) is 5.69 Å². The molecule has 0 saturated heterocycles. The number of hydrogen-bond acceptors (Lipinski definition) is 2. The quantitative estimate of drug-likeness (QED) is 0.835. The van der Waals surface area contributed by atoms with Crippen LogP contribution in [0, 0.1) is 6.92 Å². The Morgan fingerprint density at radius 2 is 2.12 bits per heavy atom. The molecule has 0 aliphatic rings. The van der Waals surface area contributed by atoms with Gasteiger partial charge >= 0.3 is 0 Å². The van der Waals surface area contributed by atoms with Gasteiger partial charge in [0.15, 0.2) is 0 Å². The Hall–Kier alpha value is -2.03. The lowest BCUT2D eigenvalue weighted by molar-refractivity contribution is -0.114. The van der Waals surface area contributed by atoms with Crippen molar-refractivity contribution in [2.24, 2.45) is 0 Å². The molecule has 0 radical (unpaired) electrons. The molecule has 1 amide bonds. The highest BCUT2D eigenvalue weighted by molar-refractivity contribution is 5.93. The second-order valence-corrected chi connectivity index (χ2v) is 3.71. The van der Waals surface area contributed by atoms with Crippen LogP contribution in [0.25, 0.3) is 11.3 Å². The van der Waals surface area contributed by atoms with Crippen molar-refractivity contribution in [1.29, 1.82) is 0 Å². The van der Waals surface area contributed by atoms with Crippen LogP contribution < -0.4 is 5.32 Å². The fraction of sp³-hybridized carbons (Fsp3) is 0.154. The number of furan rings is 1. The van der Waals surface area contributed by atoms with Crippen molar-refractivity contribution < 1.29 is 9.21 Å². The van der Waals surface area contributed by atoms with Crippen molar-refractivity contribution in [2.45, 2.75) is 13.8 Å². The predicted molar refractivity (Wildman–Crippen MR) is 63.2 cm³/mol. The van der Waals surface area contributed by atoms with Crippen LogP contribution in [-0.4, -0.2) is 5.91 Å². The number of rotatable bonds is 2. The molecule has 0 unspecified atom stereocenters. The average molecular weight is 215 g/mol. The van der Waals surface area contributed by atoms with Crippen molar-refractivity contribution in [3.8, 4) is 11.3 Å². The highest BCUT2D eigenvalue weighted by atomic mass is 16.3. The summed E-state index contributed by atoms with van der Waals surface area (Å²) < 4.78 is 5.35. The first-order valence-corrected chi connectivity index (χ1v) is 5.09. The second-order valence-electron chi connectivity index (χ2n) is 3.71. The molecule has 1 aromatic carbocycles. The number of aryl methyl sites for hydroxylation is 1. The van der Waals surface area contributed by atoms with E-state index in [0.29, 0.717) is 0 Å². The molecule has 0 spiro atoms. The van der Waals surface area contributed by atoms with E-state index in [4.69, 9.17) is 4.42 Å². The third kappa shape index (κ3) is 2.14. The van der Waals surface area contributed by atoms with Gasteiger partial charge in [-0.15, -0.1) is 0 Å². The van der Waals surface area contributed by atoms with Gasteiger partial charge in [-0.05, 0) is 31.2 Å². The summed E-state index contributed by atoms with van der Waals surface area (Å²) in [5, 5.41) is 2.79. The molecular weight excluding hydrogens is 202 g/mol. The van der Waals surface area contributed by atoms with Crippen LogP contribution in [-0.2, 0) is 4.79 Å². The first-order valence-electron chi connectivity index (χ1n) is 5.09. The molecule has 16 heavy (non-hydrogen) atoms. The summed E-state index contributed by atoms with van der Waals surface area (Å²) in [6.07, 6.45) is 1.62. The summed E-state index contributed by atoms with van der Waals surface area (Å²) in [4.78, 5) is 11.1. The topological polar surface area (TPSA) is 42.2 Å². The zero-order valence-corrected chi connectivity index (χ0v) is 9.28. The minimum absolute atomic E-state index is 0.0864. The number of nitrogens with one attached hydrogen (secondary N) is 1. The Kier molecular flexibility index (Phi) is 2.77. The lowest BCUT2D eigenvalue weighted by Gasteiger charge is -2.08. The predicted octanol–water partition coefficient (Wildman–Crippen LogP) is 3.21. The lowest BCUT2D eigenvalue weighted by atomic mass is 10.1. The molecule has 0 atom stereocenters. The molecule has 0 fully saturated rings. The monoisotopic (exact) mass is 215 g/mol. The van der Waals surface area contributed by atoms with Gasteiger partial charge in [0, 0.05) is 12.5 Å². The van der Waals surface area contributed by atoms with Gasteiger partial charge < -0.3 is 9.73 Å². The second kappa shape index (κ2) is 4.23. The van der Waals surface area contributed by atoms with Gasteiger partial charge in [0.05, 0.1) is 12.0 Å². The van der Waals surface area contributed by atoms with E-state index in [1.807, 2.05) is 37.3 Å². The Bertz CT molecular complexity index is 501. The van der Waals surface area contributed by atoms with Gasteiger partial charge in [0.1, 0.15) is 5.76 Å². The minimum Gasteiger partial charge on any atom is -0.464 e. The van der Waals surface area contributed by atoms with Crippen molar-refractivity contribution in [3.63, 3.8) is 0 Å². The van der Waals surface area contributed by atoms with Crippen molar-refractivity contribution >= 4 is 11.6 Å². The normalized spacial score (nSPS) is 10.1. The summed E-state index contributed by atoms with van der Waals surface area (Å²) in [7, 11) is 0. The van der Waals surface area contributed by atoms with Gasteiger partial charge in [0.2, 0.25) is 5.91 Å². The molecular formula is C13H13NO2. The summed E-state index contributed by atoms with van der Waals surface area (Å²) in [6, 6.07) is 9.53. The molecule has 2 aromatic rings. The van der Waals surface area contributed by atoms with Gasteiger partial charge in [-0.25, -0.2) is 0 Å². The third-order valence-corrected chi connectivity index (χ3v) is 2.27. The van der Waals surface area contributed by atoms with Crippen molar-refractivity contribution in [1.82, 2.24) is 0 Å². The number of amides is 1. The lowest BCUT2D eigenvalue weighted by Crippen LogP contribution is -2.06. The molecule has 0 aliphatic heterocycles. The molecule has 1 heterocycles. The average Bonchev–Trinajstić information content (AvgIpc) is 2.73. The van der Waals surface area contributed by atoms with Crippen LogP contribution in [0.2, 0.25) is 0 Å². The van der Waals surface area contributed by atoms with E-state index in [9.17, 15) is 4.79 Å². The Morgan fingerprint density at radius 3 is 2.75 bits per heavy atom. The fourth-order valence-corrected chi connectivity index (χ4v) is 1.59. The van der Waals surface area contributed by atoms with Crippen molar-refractivity contribution in [2.75, 3.05) is 5.32 Å². The van der Waals surface area contributed by atoms with E-state index in [2.05, 4.69) is 5.32 Å². The summed E-state index contributed by atoms with van der Waals surface area (Å²) in [5.41, 5.74) is 2.80. The molecule has 1 N–H and O–H groups in total. The summed E-state index contributed by atoms with van der Waals surface area (Å²) in [5.74, 6) is 0.670. The molecule has 0 bridgehead atoms. The van der Waals surface area contributed by atoms with Crippen LogP contribution >= 0.6 is 0 Å². The smallest absolute Gasteiger partial charge is 0.221 e. The van der Waals surface area contributed by atoms with E-state index < -0.39 is 0 Å². The molecule has 3 nitrogen and oxygen atoms in total. The molecule has 82 valence electrons. The fourth-order valence-electron chi connectivity index (χ4n) is 1.59. The van der Waals surface area contributed by atoms with Gasteiger partial charge in [-0.1, -0.05) is 11.6 Å². The zero-order valence-electron chi connectivity index (χ0n) is 9.28. The maximum Gasteiger partial charge on any atom is 0.221 e. The van der Waals surface area contributed by atoms with Crippen LogP contribution in [0.1, 0.15) is 12.5 Å². The third-order valence-electron chi connectivity index (χ3n) is 2.27. The highest BCUT2D eigenvalue weighted by Gasteiger charge is 2.08. The van der Waals surface area contributed by atoms with Crippen molar-refractivity contribution in [3.05, 3.63) is 42.2 Å². The standard InChI is InChI=1S/C13H13NO2/c1-9-5-6-12(14-10(2)15)11(8-9)13-4-3-7-16-13/h3-8H,1-2H3,(H,14,15). The first kappa shape index (κ1) is 10.5. The van der Waals surface area contributed by atoms with E-state index >= 15 is 0 Å². The van der Waals surface area contributed by atoms with E-state index in [-0.39, 0.29) is 5.91 Å². The zero-order chi connectivity index (χ0) is 11.5. The minimum atomic E-state index is -0.0864. The van der Waals surface area contributed by atoms with E-state index in [0.717, 1.165) is 22.6 Å². The molecule has 1 aromatic heterocycles. The van der Waals surface area contributed by atoms with Crippen LogP contribution in [0.3, 0.4) is 0 Å². The van der Waals surface area contributed by atoms with Crippen LogP contribution in [0.15, 0.2) is 41.0 Å². The SMILES string of the molecule is CC(=O)Nc1ccc(C)cc1-c1ccco1. The van der Waals surface area contributed by atoms with Crippen LogP contribution in [0.5, 0.6) is 0 Å². The Morgan fingerprint density at radius 1 is 1.31 bits per heavy atom.